The summed E-state index contributed by atoms with van der Waals surface area (Å²) in [6.07, 6.45) is 1.91. The maximum Gasteiger partial charge on any atom is 0.266 e. The van der Waals surface area contributed by atoms with E-state index in [-0.39, 0.29) is 11.1 Å². The van der Waals surface area contributed by atoms with E-state index in [0.717, 1.165) is 41.1 Å². The van der Waals surface area contributed by atoms with Crippen molar-refractivity contribution < 1.29 is 8.78 Å². The summed E-state index contributed by atoms with van der Waals surface area (Å²) < 4.78 is 28.0. The molecule has 0 saturated heterocycles. The third-order valence-corrected chi connectivity index (χ3v) is 4.68. The van der Waals surface area contributed by atoms with Crippen LogP contribution in [-0.2, 0) is 12.8 Å². The minimum Gasteiger partial charge on any atom is -0.321 e. The SMILES string of the molecule is CCc1ccc2c(CCCCCI)cc(=O)[nH]c2c1C(F)F. The van der Waals surface area contributed by atoms with E-state index < -0.39 is 6.43 Å². The van der Waals surface area contributed by atoms with Crippen molar-refractivity contribution in [2.75, 3.05) is 4.43 Å². The van der Waals surface area contributed by atoms with Gasteiger partial charge < -0.3 is 4.98 Å². The van der Waals surface area contributed by atoms with Crippen LogP contribution in [0, 0.1) is 0 Å². The summed E-state index contributed by atoms with van der Waals surface area (Å²) in [4.78, 5) is 14.5. The Kier molecular flexibility index (Phi) is 6.35. The van der Waals surface area contributed by atoms with Gasteiger partial charge in [0.25, 0.3) is 6.43 Å². The molecule has 0 radical (unpaired) electrons. The fraction of sp³-hybridized carbons (Fsp3) is 0.471. The fourth-order valence-corrected chi connectivity index (χ4v) is 3.35. The molecule has 0 saturated carbocycles. The number of aryl methyl sites for hydroxylation is 2. The van der Waals surface area contributed by atoms with Gasteiger partial charge in [0.2, 0.25) is 5.56 Å². The van der Waals surface area contributed by atoms with Gasteiger partial charge in [-0.05, 0) is 41.2 Å². The summed E-state index contributed by atoms with van der Waals surface area (Å²) >= 11 is 2.34. The van der Waals surface area contributed by atoms with Gasteiger partial charge in [0.05, 0.1) is 5.52 Å². The van der Waals surface area contributed by atoms with Crippen LogP contribution in [-0.4, -0.2) is 9.41 Å². The topological polar surface area (TPSA) is 32.9 Å². The van der Waals surface area contributed by atoms with Crippen molar-refractivity contribution in [2.24, 2.45) is 0 Å². The highest BCUT2D eigenvalue weighted by molar-refractivity contribution is 14.1. The molecule has 0 aliphatic carbocycles. The van der Waals surface area contributed by atoms with E-state index in [2.05, 4.69) is 27.6 Å². The van der Waals surface area contributed by atoms with Gasteiger partial charge in [-0.25, -0.2) is 8.78 Å². The molecule has 2 aromatic rings. The number of H-pyrrole nitrogens is 1. The largest absolute Gasteiger partial charge is 0.321 e. The first kappa shape index (κ1) is 17.4. The van der Waals surface area contributed by atoms with Crippen LogP contribution in [0.5, 0.6) is 0 Å². The van der Waals surface area contributed by atoms with Crippen LogP contribution in [0.1, 0.15) is 49.3 Å². The van der Waals surface area contributed by atoms with Gasteiger partial charge in [-0.3, -0.25) is 4.79 Å². The summed E-state index contributed by atoms with van der Waals surface area (Å²) in [5.41, 5.74) is 1.46. The fourth-order valence-electron chi connectivity index (χ4n) is 2.81. The molecule has 1 aromatic carbocycles. The van der Waals surface area contributed by atoms with E-state index in [1.165, 1.54) is 0 Å². The lowest BCUT2D eigenvalue weighted by Gasteiger charge is -2.13. The van der Waals surface area contributed by atoms with E-state index in [1.54, 1.807) is 12.1 Å². The van der Waals surface area contributed by atoms with Crippen molar-refractivity contribution in [3.05, 3.63) is 45.2 Å². The molecular formula is C17H20F2INO. The zero-order chi connectivity index (χ0) is 16.1. The Morgan fingerprint density at radius 3 is 2.59 bits per heavy atom. The second-order valence-electron chi connectivity index (χ2n) is 5.37. The molecule has 5 heteroatoms. The molecule has 0 spiro atoms. The van der Waals surface area contributed by atoms with Crippen molar-refractivity contribution in [3.8, 4) is 0 Å². The van der Waals surface area contributed by atoms with Gasteiger partial charge >= 0.3 is 0 Å². The Morgan fingerprint density at radius 2 is 1.95 bits per heavy atom. The summed E-state index contributed by atoms with van der Waals surface area (Å²) in [7, 11) is 0. The average molecular weight is 419 g/mol. The first-order valence-corrected chi connectivity index (χ1v) is 9.12. The number of unbranched alkanes of at least 4 members (excludes halogenated alkanes) is 2. The van der Waals surface area contributed by atoms with Gasteiger partial charge in [-0.2, -0.15) is 0 Å². The molecule has 0 atom stereocenters. The van der Waals surface area contributed by atoms with Crippen LogP contribution >= 0.6 is 22.6 Å². The Labute approximate surface area is 142 Å². The number of rotatable bonds is 7. The minimum absolute atomic E-state index is 0.0220. The Hall–Kier alpha value is -0.980. The number of alkyl halides is 3. The number of aromatic nitrogens is 1. The number of aromatic amines is 1. The highest BCUT2D eigenvalue weighted by Gasteiger charge is 2.18. The maximum atomic E-state index is 13.4. The van der Waals surface area contributed by atoms with Gasteiger partial charge in [0.15, 0.2) is 0 Å². The first-order chi connectivity index (χ1) is 10.6. The molecule has 0 fully saturated rings. The highest BCUT2D eigenvalue weighted by Crippen LogP contribution is 2.31. The zero-order valence-electron chi connectivity index (χ0n) is 12.6. The zero-order valence-corrected chi connectivity index (χ0v) is 14.8. The van der Waals surface area contributed by atoms with Crippen LogP contribution in [0.15, 0.2) is 23.0 Å². The second-order valence-corrected chi connectivity index (χ2v) is 6.45. The lowest BCUT2D eigenvalue weighted by atomic mass is 9.96. The van der Waals surface area contributed by atoms with Crippen LogP contribution in [0.4, 0.5) is 8.78 Å². The second kappa shape index (κ2) is 8.04. The Balaban J connectivity index is 2.50. The van der Waals surface area contributed by atoms with Crippen molar-refractivity contribution in [2.45, 2.75) is 45.5 Å². The number of hydrogen-bond donors (Lipinski definition) is 1. The number of pyridine rings is 1. The number of benzene rings is 1. The highest BCUT2D eigenvalue weighted by atomic mass is 127. The number of halogens is 3. The van der Waals surface area contributed by atoms with Crippen molar-refractivity contribution in [1.29, 1.82) is 0 Å². The monoisotopic (exact) mass is 419 g/mol. The molecule has 1 N–H and O–H groups in total. The van der Waals surface area contributed by atoms with Gasteiger partial charge in [-0.1, -0.05) is 48.1 Å². The molecule has 0 unspecified atom stereocenters. The molecule has 0 aliphatic rings. The average Bonchev–Trinajstić information content (AvgIpc) is 2.49. The van der Waals surface area contributed by atoms with E-state index >= 15 is 0 Å². The molecule has 1 aromatic heterocycles. The number of nitrogens with one attached hydrogen (secondary N) is 1. The Bertz CT molecular complexity index is 697. The summed E-state index contributed by atoms with van der Waals surface area (Å²) in [6.45, 7) is 1.85. The van der Waals surface area contributed by atoms with Crippen molar-refractivity contribution in [3.63, 3.8) is 0 Å². The quantitative estimate of drug-likeness (QED) is 0.375. The lowest BCUT2D eigenvalue weighted by Crippen LogP contribution is -2.10. The molecule has 0 aliphatic heterocycles. The van der Waals surface area contributed by atoms with Crippen LogP contribution in [0.25, 0.3) is 10.9 Å². The standard InChI is InChI=1S/C17H20F2INO/c1-2-11-7-8-13-12(6-4-3-5-9-20)10-14(22)21-16(13)15(11)17(18)19/h7-8,10,17H,2-6,9H2,1H3,(H,21,22). The predicted octanol–water partition coefficient (Wildman–Crippen LogP) is 5.18. The van der Waals surface area contributed by atoms with Crippen LogP contribution in [0.2, 0.25) is 0 Å². The predicted molar refractivity (Wildman–Crippen MR) is 95.3 cm³/mol. The third kappa shape index (κ3) is 3.86. The summed E-state index contributed by atoms with van der Waals surface area (Å²) in [6, 6.07) is 5.17. The summed E-state index contributed by atoms with van der Waals surface area (Å²) in [5.74, 6) is 0. The molecule has 2 nitrogen and oxygen atoms in total. The van der Waals surface area contributed by atoms with Crippen LogP contribution < -0.4 is 5.56 Å². The van der Waals surface area contributed by atoms with Crippen LogP contribution in [0.3, 0.4) is 0 Å². The molecule has 0 amide bonds. The molecule has 2 rings (SSSR count). The lowest BCUT2D eigenvalue weighted by molar-refractivity contribution is 0.152. The van der Waals surface area contributed by atoms with E-state index in [9.17, 15) is 13.6 Å². The van der Waals surface area contributed by atoms with Gasteiger partial charge in [0.1, 0.15) is 0 Å². The maximum absolute atomic E-state index is 13.4. The summed E-state index contributed by atoms with van der Waals surface area (Å²) in [5, 5.41) is 0.751. The smallest absolute Gasteiger partial charge is 0.266 e. The van der Waals surface area contributed by atoms with Gasteiger partial charge in [0, 0.05) is 17.0 Å². The number of hydrogen-bond acceptors (Lipinski definition) is 1. The van der Waals surface area contributed by atoms with Crippen molar-refractivity contribution >= 4 is 33.5 Å². The first-order valence-electron chi connectivity index (χ1n) is 7.60. The van der Waals surface area contributed by atoms with E-state index in [1.807, 2.05) is 13.0 Å². The van der Waals surface area contributed by atoms with E-state index in [4.69, 9.17) is 0 Å². The van der Waals surface area contributed by atoms with Crippen molar-refractivity contribution in [1.82, 2.24) is 4.98 Å². The molecule has 22 heavy (non-hydrogen) atoms. The Morgan fingerprint density at radius 1 is 1.18 bits per heavy atom. The van der Waals surface area contributed by atoms with Gasteiger partial charge in [-0.15, -0.1) is 0 Å². The molecular weight excluding hydrogens is 399 g/mol. The number of fused-ring (bicyclic) bond motifs is 1. The minimum atomic E-state index is -2.58. The normalized spacial score (nSPS) is 11.5. The third-order valence-electron chi connectivity index (χ3n) is 3.91. The van der Waals surface area contributed by atoms with E-state index in [0.29, 0.717) is 17.5 Å². The molecule has 1 heterocycles. The molecule has 120 valence electrons. The molecule has 0 bridgehead atoms.